The standard InChI is InChI=1S/C9H18NO/c1-2-3-6-9(11)7-4-5-8-10/h10H,2-8H2,1H3. The molecule has 0 bridgehead atoms. The van der Waals surface area contributed by atoms with Gasteiger partial charge in [-0.15, -0.1) is 0 Å². The van der Waals surface area contributed by atoms with Gasteiger partial charge in [0.15, 0.2) is 0 Å². The van der Waals surface area contributed by atoms with Crippen LogP contribution in [0.3, 0.4) is 0 Å². The van der Waals surface area contributed by atoms with Crippen LogP contribution < -0.4 is 5.73 Å². The van der Waals surface area contributed by atoms with Crippen LogP contribution >= 0.6 is 0 Å². The summed E-state index contributed by atoms with van der Waals surface area (Å²) in [5.41, 5.74) is 6.87. The van der Waals surface area contributed by atoms with Gasteiger partial charge in [0.05, 0.1) is 0 Å². The van der Waals surface area contributed by atoms with E-state index in [1.54, 1.807) is 0 Å². The molecule has 0 aromatic carbocycles. The number of nitrogens with one attached hydrogen (secondary N) is 1. The fraction of sp³-hybridized carbons (Fsp3) is 0.889. The first-order chi connectivity index (χ1) is 5.31. The minimum atomic E-state index is 0.375. The van der Waals surface area contributed by atoms with Gasteiger partial charge in [-0.1, -0.05) is 13.3 Å². The lowest BCUT2D eigenvalue weighted by Crippen LogP contribution is -1.98. The van der Waals surface area contributed by atoms with Crippen molar-refractivity contribution in [3.8, 4) is 0 Å². The molecule has 0 saturated heterocycles. The second-order valence-electron chi connectivity index (χ2n) is 2.85. The summed E-state index contributed by atoms with van der Waals surface area (Å²) in [4.78, 5) is 11.0. The minimum absolute atomic E-state index is 0.375. The number of hydrogen-bond acceptors (Lipinski definition) is 1. The lowest BCUT2D eigenvalue weighted by molar-refractivity contribution is -0.119. The van der Waals surface area contributed by atoms with Gasteiger partial charge in [0.25, 0.3) is 0 Å². The molecule has 0 heterocycles. The number of rotatable bonds is 7. The van der Waals surface area contributed by atoms with E-state index in [1.807, 2.05) is 0 Å². The van der Waals surface area contributed by atoms with Gasteiger partial charge in [-0.2, -0.15) is 0 Å². The van der Waals surface area contributed by atoms with Gasteiger partial charge in [0.1, 0.15) is 5.78 Å². The molecule has 0 amide bonds. The molecular weight excluding hydrogens is 138 g/mol. The fourth-order valence-electron chi connectivity index (χ4n) is 0.946. The Balaban J connectivity index is 3.09. The van der Waals surface area contributed by atoms with E-state index in [9.17, 15) is 4.79 Å². The third-order valence-electron chi connectivity index (χ3n) is 1.69. The summed E-state index contributed by atoms with van der Waals surface area (Å²) >= 11 is 0. The highest BCUT2D eigenvalue weighted by Gasteiger charge is 1.99. The second kappa shape index (κ2) is 7.73. The average molecular weight is 156 g/mol. The summed E-state index contributed by atoms with van der Waals surface area (Å²) in [7, 11) is 0. The van der Waals surface area contributed by atoms with Gasteiger partial charge in [0.2, 0.25) is 0 Å². The summed E-state index contributed by atoms with van der Waals surface area (Å²) in [6.45, 7) is 2.55. The third-order valence-corrected chi connectivity index (χ3v) is 1.69. The van der Waals surface area contributed by atoms with Crippen molar-refractivity contribution in [2.24, 2.45) is 0 Å². The Kier molecular flexibility index (Phi) is 7.47. The zero-order chi connectivity index (χ0) is 8.53. The highest BCUT2D eigenvalue weighted by atomic mass is 16.1. The number of hydrogen-bond donors (Lipinski definition) is 0. The van der Waals surface area contributed by atoms with E-state index in [-0.39, 0.29) is 0 Å². The predicted octanol–water partition coefficient (Wildman–Crippen LogP) is 2.20. The maximum Gasteiger partial charge on any atom is 0.132 e. The van der Waals surface area contributed by atoms with Crippen molar-refractivity contribution in [2.45, 2.75) is 45.4 Å². The van der Waals surface area contributed by atoms with Crippen molar-refractivity contribution in [3.63, 3.8) is 0 Å². The predicted molar refractivity (Wildman–Crippen MR) is 46.3 cm³/mol. The molecule has 0 fully saturated rings. The molecule has 2 nitrogen and oxygen atoms in total. The molecule has 0 spiro atoms. The van der Waals surface area contributed by atoms with E-state index < -0.39 is 0 Å². The first-order valence-electron chi connectivity index (χ1n) is 4.47. The van der Waals surface area contributed by atoms with E-state index in [0.29, 0.717) is 18.7 Å². The average Bonchev–Trinajstić information content (AvgIpc) is 2.01. The minimum Gasteiger partial charge on any atom is -0.300 e. The fourth-order valence-corrected chi connectivity index (χ4v) is 0.946. The van der Waals surface area contributed by atoms with Gasteiger partial charge < -0.3 is 0 Å². The Hall–Kier alpha value is -0.370. The topological polar surface area (TPSA) is 40.9 Å². The van der Waals surface area contributed by atoms with E-state index in [4.69, 9.17) is 5.73 Å². The Bertz CT molecular complexity index is 102. The number of unbranched alkanes of at least 4 members (excludes halogenated alkanes) is 2. The normalized spacial score (nSPS) is 10.0. The van der Waals surface area contributed by atoms with Crippen LogP contribution in [-0.2, 0) is 4.79 Å². The van der Waals surface area contributed by atoms with Gasteiger partial charge in [0, 0.05) is 19.4 Å². The zero-order valence-corrected chi connectivity index (χ0v) is 7.36. The van der Waals surface area contributed by atoms with Crippen molar-refractivity contribution < 1.29 is 4.79 Å². The SMILES string of the molecule is CCCCC(=O)CCCC[NH]. The second-order valence-corrected chi connectivity index (χ2v) is 2.85. The monoisotopic (exact) mass is 156 g/mol. The molecular formula is C9H18NO. The Morgan fingerprint density at radius 1 is 1.18 bits per heavy atom. The van der Waals surface area contributed by atoms with E-state index in [1.165, 1.54) is 0 Å². The molecule has 0 aromatic rings. The first-order valence-corrected chi connectivity index (χ1v) is 4.47. The molecule has 0 atom stereocenters. The van der Waals surface area contributed by atoms with Gasteiger partial charge >= 0.3 is 0 Å². The zero-order valence-electron chi connectivity index (χ0n) is 7.36. The molecule has 65 valence electrons. The van der Waals surface area contributed by atoms with Crippen LogP contribution in [0.15, 0.2) is 0 Å². The molecule has 1 N–H and O–H groups in total. The molecule has 1 radical (unpaired) electrons. The molecule has 0 rings (SSSR count). The van der Waals surface area contributed by atoms with Crippen LogP contribution in [0.4, 0.5) is 0 Å². The van der Waals surface area contributed by atoms with Crippen molar-refractivity contribution in [3.05, 3.63) is 0 Å². The highest BCUT2D eigenvalue weighted by Crippen LogP contribution is 2.02. The van der Waals surface area contributed by atoms with Crippen LogP contribution in [-0.4, -0.2) is 12.3 Å². The van der Waals surface area contributed by atoms with Crippen LogP contribution in [0.25, 0.3) is 0 Å². The first kappa shape index (κ1) is 10.6. The van der Waals surface area contributed by atoms with E-state index in [2.05, 4.69) is 6.92 Å². The summed E-state index contributed by atoms with van der Waals surface area (Å²) in [5, 5.41) is 0. The Morgan fingerprint density at radius 3 is 2.36 bits per heavy atom. The van der Waals surface area contributed by atoms with Crippen molar-refractivity contribution in [1.82, 2.24) is 5.73 Å². The highest BCUT2D eigenvalue weighted by molar-refractivity contribution is 5.78. The van der Waals surface area contributed by atoms with Crippen LogP contribution in [0.1, 0.15) is 45.4 Å². The molecule has 0 aliphatic rings. The lowest BCUT2D eigenvalue weighted by Gasteiger charge is -1.97. The summed E-state index contributed by atoms with van der Waals surface area (Å²) < 4.78 is 0. The molecule has 11 heavy (non-hydrogen) atoms. The summed E-state index contributed by atoms with van der Waals surface area (Å²) in [6.07, 6.45) is 5.35. The maximum absolute atomic E-state index is 11.0. The molecule has 2 heteroatoms. The molecule has 0 aliphatic heterocycles. The Labute approximate surface area is 69.2 Å². The van der Waals surface area contributed by atoms with Crippen molar-refractivity contribution >= 4 is 5.78 Å². The quantitative estimate of drug-likeness (QED) is 0.521. The van der Waals surface area contributed by atoms with E-state index >= 15 is 0 Å². The summed E-state index contributed by atoms with van der Waals surface area (Å²) in [5.74, 6) is 0.375. The maximum atomic E-state index is 11.0. The molecule has 0 unspecified atom stereocenters. The number of ketones is 1. The molecule has 0 saturated carbocycles. The summed E-state index contributed by atoms with van der Waals surface area (Å²) in [6, 6.07) is 0. The number of carbonyl (C=O) groups is 1. The number of carbonyl (C=O) groups excluding carboxylic acids is 1. The van der Waals surface area contributed by atoms with Crippen LogP contribution in [0, 0.1) is 0 Å². The molecule has 0 aliphatic carbocycles. The lowest BCUT2D eigenvalue weighted by atomic mass is 10.1. The van der Waals surface area contributed by atoms with Crippen LogP contribution in [0.2, 0.25) is 0 Å². The van der Waals surface area contributed by atoms with Crippen molar-refractivity contribution in [2.75, 3.05) is 6.54 Å². The molecule has 0 aromatic heterocycles. The smallest absolute Gasteiger partial charge is 0.132 e. The van der Waals surface area contributed by atoms with Gasteiger partial charge in [-0.05, 0) is 19.3 Å². The Morgan fingerprint density at radius 2 is 1.82 bits per heavy atom. The van der Waals surface area contributed by atoms with E-state index in [0.717, 1.165) is 32.1 Å². The van der Waals surface area contributed by atoms with Crippen molar-refractivity contribution in [1.29, 1.82) is 0 Å². The van der Waals surface area contributed by atoms with Crippen LogP contribution in [0.5, 0.6) is 0 Å². The largest absolute Gasteiger partial charge is 0.300 e. The third kappa shape index (κ3) is 7.53. The van der Waals surface area contributed by atoms with Gasteiger partial charge in [-0.25, -0.2) is 0 Å². The van der Waals surface area contributed by atoms with Gasteiger partial charge in [-0.3, -0.25) is 10.5 Å². The number of Topliss-reactive ketones (excluding diaryl/α,β-unsaturated/α-hetero) is 1.